The number of likely N-dealkylation sites (tertiary alicyclic amines) is 1. The molecule has 3 rings (SSSR count). The molecule has 0 bridgehead atoms. The Morgan fingerprint density at radius 2 is 2.00 bits per heavy atom. The number of rotatable bonds is 3. The van der Waals surface area contributed by atoms with E-state index in [1.54, 1.807) is 24.5 Å². The fourth-order valence-corrected chi connectivity index (χ4v) is 3.47. The molecule has 1 saturated heterocycles. The second-order valence-corrected chi connectivity index (χ2v) is 8.10. The molecule has 1 aliphatic rings. The normalized spacial score (nSPS) is 18.1. The van der Waals surface area contributed by atoms with E-state index >= 15 is 0 Å². The zero-order chi connectivity index (χ0) is 19.4. The highest BCUT2D eigenvalue weighted by Crippen LogP contribution is 2.34. The van der Waals surface area contributed by atoms with Crippen molar-refractivity contribution in [3.05, 3.63) is 54.4 Å². The molecule has 1 atom stereocenters. The van der Waals surface area contributed by atoms with Gasteiger partial charge in [0.25, 0.3) is 0 Å². The third-order valence-electron chi connectivity index (χ3n) is 4.91. The summed E-state index contributed by atoms with van der Waals surface area (Å²) >= 11 is 0. The molecule has 0 radical (unpaired) electrons. The van der Waals surface area contributed by atoms with Gasteiger partial charge >= 0.3 is 0 Å². The van der Waals surface area contributed by atoms with E-state index in [1.165, 1.54) is 0 Å². The number of allylic oxidation sites excluding steroid dienone is 1. The van der Waals surface area contributed by atoms with Gasteiger partial charge in [-0.05, 0) is 43.5 Å². The second kappa shape index (κ2) is 7.99. The summed E-state index contributed by atoms with van der Waals surface area (Å²) < 4.78 is 0. The predicted molar refractivity (Wildman–Crippen MR) is 107 cm³/mol. The molecule has 5 heteroatoms. The topological polar surface area (TPSA) is 59.0 Å². The molecule has 2 aromatic heterocycles. The highest BCUT2D eigenvalue weighted by molar-refractivity contribution is 5.87. The lowest BCUT2D eigenvalue weighted by molar-refractivity contribution is -0.127. The third kappa shape index (κ3) is 4.41. The van der Waals surface area contributed by atoms with Crippen LogP contribution in [0.25, 0.3) is 11.1 Å². The lowest BCUT2D eigenvalue weighted by atomic mass is 9.88. The summed E-state index contributed by atoms with van der Waals surface area (Å²) in [6.45, 7) is 9.76. The van der Waals surface area contributed by atoms with E-state index in [2.05, 4.69) is 30.7 Å². The maximum Gasteiger partial charge on any atom is 0.246 e. The van der Waals surface area contributed by atoms with Gasteiger partial charge in [-0.1, -0.05) is 26.8 Å². The summed E-state index contributed by atoms with van der Waals surface area (Å²) in [5, 5.41) is 0. The third-order valence-corrected chi connectivity index (χ3v) is 4.91. The Balaban J connectivity index is 2.02. The highest BCUT2D eigenvalue weighted by atomic mass is 16.2. The summed E-state index contributed by atoms with van der Waals surface area (Å²) in [5.41, 5.74) is 3.02. The van der Waals surface area contributed by atoms with Crippen molar-refractivity contribution in [2.24, 2.45) is 0 Å². The Morgan fingerprint density at radius 1 is 1.26 bits per heavy atom. The first-order valence-corrected chi connectivity index (χ1v) is 9.59. The molecule has 1 unspecified atom stereocenters. The molecule has 5 nitrogen and oxygen atoms in total. The first kappa shape index (κ1) is 19.2. The molecule has 0 N–H and O–H groups in total. The minimum atomic E-state index is -0.124. The Labute approximate surface area is 161 Å². The standard InChI is InChI=1S/C22H28N4O/c1-5-7-19(27)26-13-6-8-17(15-26)20-18(16-9-11-23-12-10-16)14-24-21(25-20)22(2,3)4/h5,7,9-12,14,17H,6,8,13,15H2,1-4H3/b7-5+. The monoisotopic (exact) mass is 364 g/mol. The lowest BCUT2D eigenvalue weighted by Crippen LogP contribution is -2.38. The Kier molecular flexibility index (Phi) is 5.68. The minimum absolute atomic E-state index is 0.0813. The molecule has 2 aromatic rings. The number of carbonyl (C=O) groups is 1. The van der Waals surface area contributed by atoms with E-state index in [-0.39, 0.29) is 17.2 Å². The van der Waals surface area contributed by atoms with Crippen LogP contribution in [0.3, 0.4) is 0 Å². The van der Waals surface area contributed by atoms with E-state index in [0.29, 0.717) is 6.54 Å². The Hall–Kier alpha value is -2.56. The zero-order valence-electron chi connectivity index (χ0n) is 16.6. The zero-order valence-corrected chi connectivity index (χ0v) is 16.6. The van der Waals surface area contributed by atoms with Crippen LogP contribution in [0.5, 0.6) is 0 Å². The van der Waals surface area contributed by atoms with Crippen molar-refractivity contribution in [1.82, 2.24) is 19.9 Å². The van der Waals surface area contributed by atoms with Crippen molar-refractivity contribution in [3.63, 3.8) is 0 Å². The van der Waals surface area contributed by atoms with Crippen molar-refractivity contribution in [2.45, 2.75) is 51.9 Å². The summed E-state index contributed by atoms with van der Waals surface area (Å²) in [6.07, 6.45) is 11.0. The van der Waals surface area contributed by atoms with Gasteiger partial charge in [0.15, 0.2) is 0 Å². The second-order valence-electron chi connectivity index (χ2n) is 8.10. The van der Waals surface area contributed by atoms with E-state index in [0.717, 1.165) is 42.0 Å². The number of hydrogen-bond donors (Lipinski definition) is 0. The molecule has 0 spiro atoms. The number of carbonyl (C=O) groups excluding carboxylic acids is 1. The van der Waals surface area contributed by atoms with Gasteiger partial charge in [-0.3, -0.25) is 9.78 Å². The van der Waals surface area contributed by atoms with Crippen LogP contribution < -0.4 is 0 Å². The molecule has 1 fully saturated rings. The van der Waals surface area contributed by atoms with Crippen LogP contribution >= 0.6 is 0 Å². The summed E-state index contributed by atoms with van der Waals surface area (Å²) in [5.74, 6) is 1.13. The van der Waals surface area contributed by atoms with Gasteiger partial charge in [0.2, 0.25) is 5.91 Å². The summed E-state index contributed by atoms with van der Waals surface area (Å²) in [7, 11) is 0. The van der Waals surface area contributed by atoms with Crippen LogP contribution in [-0.4, -0.2) is 38.8 Å². The molecule has 0 saturated carbocycles. The van der Waals surface area contributed by atoms with Crippen molar-refractivity contribution in [2.75, 3.05) is 13.1 Å². The van der Waals surface area contributed by atoms with Gasteiger partial charge in [-0.15, -0.1) is 0 Å². The molecule has 0 aromatic carbocycles. The van der Waals surface area contributed by atoms with Crippen molar-refractivity contribution >= 4 is 5.91 Å². The maximum absolute atomic E-state index is 12.4. The average Bonchev–Trinajstić information content (AvgIpc) is 2.68. The van der Waals surface area contributed by atoms with Crippen LogP contribution in [0.2, 0.25) is 0 Å². The first-order valence-electron chi connectivity index (χ1n) is 9.59. The van der Waals surface area contributed by atoms with E-state index in [1.807, 2.05) is 30.2 Å². The number of amides is 1. The van der Waals surface area contributed by atoms with E-state index < -0.39 is 0 Å². The van der Waals surface area contributed by atoms with Crippen LogP contribution in [0.15, 0.2) is 42.9 Å². The summed E-state index contributed by atoms with van der Waals surface area (Å²) in [6, 6.07) is 3.98. The number of pyridine rings is 1. The van der Waals surface area contributed by atoms with E-state index in [9.17, 15) is 4.79 Å². The van der Waals surface area contributed by atoms with Crippen molar-refractivity contribution in [1.29, 1.82) is 0 Å². The molecule has 3 heterocycles. The van der Waals surface area contributed by atoms with Gasteiger partial charge in [0.05, 0.1) is 5.69 Å². The first-order chi connectivity index (χ1) is 12.9. The van der Waals surface area contributed by atoms with Crippen LogP contribution in [0.1, 0.15) is 58.0 Å². The molecule has 142 valence electrons. The number of piperidine rings is 1. The smallest absolute Gasteiger partial charge is 0.246 e. The SMILES string of the molecule is C/C=C/C(=O)N1CCCC(c2nc(C(C)(C)C)ncc2-c2ccncc2)C1. The minimum Gasteiger partial charge on any atom is -0.339 e. The number of aromatic nitrogens is 3. The van der Waals surface area contributed by atoms with Gasteiger partial charge in [-0.25, -0.2) is 9.97 Å². The van der Waals surface area contributed by atoms with Gasteiger partial charge in [0, 0.05) is 48.6 Å². The summed E-state index contributed by atoms with van der Waals surface area (Å²) in [4.78, 5) is 28.1. The number of hydrogen-bond acceptors (Lipinski definition) is 4. The molecule has 1 amide bonds. The van der Waals surface area contributed by atoms with Gasteiger partial charge in [0.1, 0.15) is 5.82 Å². The van der Waals surface area contributed by atoms with Crippen LogP contribution in [0, 0.1) is 0 Å². The quantitative estimate of drug-likeness (QED) is 0.769. The number of nitrogens with zero attached hydrogens (tertiary/aromatic N) is 4. The molecular weight excluding hydrogens is 336 g/mol. The Bertz CT molecular complexity index is 824. The van der Waals surface area contributed by atoms with Crippen molar-refractivity contribution < 1.29 is 4.79 Å². The molecule has 1 aliphatic heterocycles. The van der Waals surface area contributed by atoms with Crippen molar-refractivity contribution in [3.8, 4) is 11.1 Å². The molecular formula is C22H28N4O. The average molecular weight is 364 g/mol. The highest BCUT2D eigenvalue weighted by Gasteiger charge is 2.28. The lowest BCUT2D eigenvalue weighted by Gasteiger charge is -2.33. The van der Waals surface area contributed by atoms with Crippen LogP contribution in [-0.2, 0) is 10.2 Å². The van der Waals surface area contributed by atoms with Gasteiger partial charge in [-0.2, -0.15) is 0 Å². The fourth-order valence-electron chi connectivity index (χ4n) is 3.47. The van der Waals surface area contributed by atoms with Gasteiger partial charge < -0.3 is 4.90 Å². The van der Waals surface area contributed by atoms with E-state index in [4.69, 9.17) is 4.98 Å². The fraction of sp³-hybridized carbons (Fsp3) is 0.455. The van der Waals surface area contributed by atoms with Crippen LogP contribution in [0.4, 0.5) is 0 Å². The largest absolute Gasteiger partial charge is 0.339 e. The maximum atomic E-state index is 12.4. The molecule has 0 aliphatic carbocycles. The Morgan fingerprint density at radius 3 is 2.67 bits per heavy atom. The predicted octanol–water partition coefficient (Wildman–Crippen LogP) is 4.12. The molecule has 27 heavy (non-hydrogen) atoms.